The van der Waals surface area contributed by atoms with Crippen molar-refractivity contribution in [3.05, 3.63) is 46.4 Å². The summed E-state index contributed by atoms with van der Waals surface area (Å²) in [6.45, 7) is 1.91. The van der Waals surface area contributed by atoms with Gasteiger partial charge in [0.15, 0.2) is 0 Å². The van der Waals surface area contributed by atoms with Crippen molar-refractivity contribution in [2.75, 3.05) is 0 Å². The maximum Gasteiger partial charge on any atom is 0.123 e. The van der Waals surface area contributed by atoms with E-state index in [-0.39, 0.29) is 5.82 Å². The number of benzene rings is 1. The SMILES string of the molecule is Cc1cc(F)ccc1-c1[c]scc1. The lowest BCUT2D eigenvalue weighted by Gasteiger charge is -2.02. The van der Waals surface area contributed by atoms with Crippen molar-refractivity contribution in [1.29, 1.82) is 0 Å². The highest BCUT2D eigenvalue weighted by molar-refractivity contribution is 7.07. The Balaban J connectivity index is 2.53. The van der Waals surface area contributed by atoms with Crippen LogP contribution in [0, 0.1) is 18.1 Å². The molecule has 65 valence electrons. The molecular weight excluding hydrogens is 183 g/mol. The zero-order valence-corrected chi connectivity index (χ0v) is 7.99. The summed E-state index contributed by atoms with van der Waals surface area (Å²) < 4.78 is 12.8. The van der Waals surface area contributed by atoms with E-state index in [4.69, 9.17) is 0 Å². The van der Waals surface area contributed by atoms with Crippen LogP contribution in [0.5, 0.6) is 0 Å². The molecule has 0 atom stereocenters. The normalized spacial score (nSPS) is 10.3. The van der Waals surface area contributed by atoms with Gasteiger partial charge in [-0.05, 0) is 41.6 Å². The van der Waals surface area contributed by atoms with E-state index in [2.05, 4.69) is 5.38 Å². The van der Waals surface area contributed by atoms with Crippen LogP contribution >= 0.6 is 11.3 Å². The molecule has 0 aliphatic carbocycles. The highest BCUT2D eigenvalue weighted by atomic mass is 32.1. The van der Waals surface area contributed by atoms with E-state index in [0.29, 0.717) is 0 Å². The highest BCUT2D eigenvalue weighted by Gasteiger charge is 2.02. The van der Waals surface area contributed by atoms with Gasteiger partial charge >= 0.3 is 0 Å². The van der Waals surface area contributed by atoms with Crippen LogP contribution in [-0.4, -0.2) is 0 Å². The van der Waals surface area contributed by atoms with Gasteiger partial charge in [-0.1, -0.05) is 6.07 Å². The van der Waals surface area contributed by atoms with Gasteiger partial charge in [0.05, 0.1) is 5.38 Å². The Morgan fingerprint density at radius 1 is 1.31 bits per heavy atom. The standard InChI is InChI=1S/C11H8FS/c1-8-6-10(12)2-3-11(8)9-4-5-13-7-9/h2-6H,1H3. The van der Waals surface area contributed by atoms with Crippen molar-refractivity contribution in [2.24, 2.45) is 0 Å². The Morgan fingerprint density at radius 2 is 2.15 bits per heavy atom. The molecule has 1 heterocycles. The Morgan fingerprint density at radius 3 is 2.77 bits per heavy atom. The zero-order valence-electron chi connectivity index (χ0n) is 7.17. The van der Waals surface area contributed by atoms with Crippen LogP contribution in [0.15, 0.2) is 29.6 Å². The third-order valence-electron chi connectivity index (χ3n) is 1.95. The minimum Gasteiger partial charge on any atom is -0.207 e. The van der Waals surface area contributed by atoms with Crippen LogP contribution in [0.2, 0.25) is 0 Å². The summed E-state index contributed by atoms with van der Waals surface area (Å²) in [4.78, 5) is 0. The van der Waals surface area contributed by atoms with Gasteiger partial charge in [-0.3, -0.25) is 0 Å². The van der Waals surface area contributed by atoms with Gasteiger partial charge < -0.3 is 0 Å². The summed E-state index contributed by atoms with van der Waals surface area (Å²) in [5.41, 5.74) is 3.06. The molecule has 1 aromatic heterocycles. The van der Waals surface area contributed by atoms with E-state index in [9.17, 15) is 4.39 Å². The molecular formula is C11H8FS. The zero-order chi connectivity index (χ0) is 9.26. The van der Waals surface area contributed by atoms with E-state index in [1.807, 2.05) is 18.4 Å². The van der Waals surface area contributed by atoms with Gasteiger partial charge in [-0.25, -0.2) is 4.39 Å². The molecule has 0 saturated heterocycles. The van der Waals surface area contributed by atoms with Gasteiger partial charge in [0.25, 0.3) is 0 Å². The molecule has 0 unspecified atom stereocenters. The number of rotatable bonds is 1. The van der Waals surface area contributed by atoms with Crippen LogP contribution in [-0.2, 0) is 0 Å². The fraction of sp³-hybridized carbons (Fsp3) is 0.0909. The second-order valence-corrected chi connectivity index (χ2v) is 3.61. The number of hydrogen-bond acceptors (Lipinski definition) is 1. The number of aryl methyl sites for hydroxylation is 1. The molecule has 0 saturated carbocycles. The Hall–Kier alpha value is -1.15. The van der Waals surface area contributed by atoms with Crippen LogP contribution in [0.25, 0.3) is 11.1 Å². The van der Waals surface area contributed by atoms with E-state index in [1.54, 1.807) is 12.1 Å². The molecule has 0 nitrogen and oxygen atoms in total. The van der Waals surface area contributed by atoms with Gasteiger partial charge in [0.1, 0.15) is 5.82 Å². The van der Waals surface area contributed by atoms with Gasteiger partial charge in [-0.15, -0.1) is 11.3 Å². The van der Waals surface area contributed by atoms with Crippen LogP contribution in [0.1, 0.15) is 5.56 Å². The molecule has 0 fully saturated rings. The predicted octanol–water partition coefficient (Wildman–Crippen LogP) is 3.66. The number of hydrogen-bond donors (Lipinski definition) is 0. The summed E-state index contributed by atoms with van der Waals surface area (Å²) in [7, 11) is 0. The summed E-state index contributed by atoms with van der Waals surface area (Å²) in [6.07, 6.45) is 0. The Bertz CT molecular complexity index is 404. The van der Waals surface area contributed by atoms with Crippen molar-refractivity contribution in [2.45, 2.75) is 6.92 Å². The largest absolute Gasteiger partial charge is 0.207 e. The maximum atomic E-state index is 12.8. The van der Waals surface area contributed by atoms with Crippen LogP contribution in [0.3, 0.4) is 0 Å². The van der Waals surface area contributed by atoms with Crippen molar-refractivity contribution in [3.63, 3.8) is 0 Å². The highest BCUT2D eigenvalue weighted by Crippen LogP contribution is 2.25. The average Bonchev–Trinajstić information content (AvgIpc) is 2.56. The molecule has 0 N–H and O–H groups in total. The minimum atomic E-state index is -0.184. The third-order valence-corrected chi connectivity index (χ3v) is 2.56. The molecule has 2 rings (SSSR count). The lowest BCUT2D eigenvalue weighted by Crippen LogP contribution is -1.82. The molecule has 1 aromatic carbocycles. The molecule has 0 aliphatic heterocycles. The second-order valence-electron chi connectivity index (χ2n) is 2.90. The number of halogens is 1. The Kier molecular flexibility index (Phi) is 2.15. The molecule has 0 bridgehead atoms. The second kappa shape index (κ2) is 3.30. The summed E-state index contributed by atoms with van der Waals surface area (Å²) in [5.74, 6) is -0.184. The first-order valence-electron chi connectivity index (χ1n) is 3.99. The minimum absolute atomic E-state index is 0.184. The predicted molar refractivity (Wildman–Crippen MR) is 53.3 cm³/mol. The summed E-state index contributed by atoms with van der Waals surface area (Å²) >= 11 is 1.53. The van der Waals surface area contributed by atoms with E-state index in [1.165, 1.54) is 17.4 Å². The first-order valence-corrected chi connectivity index (χ1v) is 4.87. The van der Waals surface area contributed by atoms with Gasteiger partial charge in [0, 0.05) is 5.56 Å². The van der Waals surface area contributed by atoms with Crippen molar-refractivity contribution in [1.82, 2.24) is 0 Å². The maximum absolute atomic E-state index is 12.8. The molecule has 0 aliphatic rings. The quantitative estimate of drug-likeness (QED) is 0.645. The topological polar surface area (TPSA) is 0 Å². The van der Waals surface area contributed by atoms with E-state index in [0.717, 1.165) is 16.7 Å². The fourth-order valence-corrected chi connectivity index (χ4v) is 1.88. The van der Waals surface area contributed by atoms with Gasteiger partial charge in [0.2, 0.25) is 0 Å². The molecule has 0 spiro atoms. The van der Waals surface area contributed by atoms with E-state index < -0.39 is 0 Å². The molecule has 13 heavy (non-hydrogen) atoms. The lowest BCUT2D eigenvalue weighted by molar-refractivity contribution is 0.627. The third kappa shape index (κ3) is 1.63. The average molecular weight is 191 g/mol. The van der Waals surface area contributed by atoms with Crippen molar-refractivity contribution >= 4 is 11.3 Å². The summed E-state index contributed by atoms with van der Waals surface area (Å²) in [6, 6.07) is 6.81. The molecule has 2 heteroatoms. The lowest BCUT2D eigenvalue weighted by atomic mass is 10.0. The smallest absolute Gasteiger partial charge is 0.123 e. The first-order chi connectivity index (χ1) is 6.27. The van der Waals surface area contributed by atoms with Gasteiger partial charge in [-0.2, -0.15) is 0 Å². The molecule has 1 radical (unpaired) electrons. The van der Waals surface area contributed by atoms with Crippen molar-refractivity contribution in [3.8, 4) is 11.1 Å². The molecule has 0 amide bonds. The van der Waals surface area contributed by atoms with E-state index >= 15 is 0 Å². The number of thiophene rings is 1. The summed E-state index contributed by atoms with van der Waals surface area (Å²) in [5, 5.41) is 5.10. The fourth-order valence-electron chi connectivity index (χ4n) is 1.31. The van der Waals surface area contributed by atoms with Crippen molar-refractivity contribution < 1.29 is 4.39 Å². The first kappa shape index (κ1) is 8.45. The molecule has 2 aromatic rings. The Labute approximate surface area is 80.7 Å². The van der Waals surface area contributed by atoms with Crippen LogP contribution in [0.4, 0.5) is 4.39 Å². The monoisotopic (exact) mass is 191 g/mol. The van der Waals surface area contributed by atoms with Crippen LogP contribution < -0.4 is 0 Å².